The van der Waals surface area contributed by atoms with Crippen LogP contribution in [0.15, 0.2) is 52.1 Å². The maximum atomic E-state index is 12.4. The topological polar surface area (TPSA) is 70.3 Å². The number of carbonyl (C=O) groups is 1. The van der Waals surface area contributed by atoms with E-state index in [1.807, 2.05) is 24.0 Å². The third kappa shape index (κ3) is 6.20. The van der Waals surface area contributed by atoms with E-state index < -0.39 is 0 Å². The molecule has 0 saturated carbocycles. The van der Waals surface area contributed by atoms with Crippen molar-refractivity contribution in [3.8, 4) is 0 Å². The number of halogens is 1. The number of nitrogens with zero attached hydrogens (tertiary/aromatic N) is 3. The van der Waals surface area contributed by atoms with Gasteiger partial charge < -0.3 is 24.3 Å². The van der Waals surface area contributed by atoms with E-state index >= 15 is 0 Å². The molecular weight excluding hydrogens is 483 g/mol. The van der Waals surface area contributed by atoms with Crippen molar-refractivity contribution in [1.29, 1.82) is 0 Å². The minimum Gasteiger partial charge on any atom is -0.459 e. The minimum absolute atomic E-state index is 0. The Balaban J connectivity index is 0.00000300. The van der Waals surface area contributed by atoms with E-state index in [1.54, 1.807) is 19.2 Å². The molecule has 0 radical (unpaired) electrons. The smallest absolute Gasteiger partial charge is 0.289 e. The highest BCUT2D eigenvalue weighted by Gasteiger charge is 2.25. The summed E-state index contributed by atoms with van der Waals surface area (Å²) >= 11 is 0. The van der Waals surface area contributed by atoms with Gasteiger partial charge >= 0.3 is 0 Å². The lowest BCUT2D eigenvalue weighted by Crippen LogP contribution is -2.53. The van der Waals surface area contributed by atoms with Crippen LogP contribution < -0.4 is 5.32 Å². The number of benzene rings is 1. The van der Waals surface area contributed by atoms with Crippen LogP contribution in [0.4, 0.5) is 0 Å². The molecule has 0 bridgehead atoms. The average Bonchev–Trinajstić information content (AvgIpc) is 3.28. The summed E-state index contributed by atoms with van der Waals surface area (Å²) in [6.45, 7) is 6.73. The van der Waals surface area contributed by atoms with Crippen LogP contribution in [0, 0.1) is 0 Å². The first-order chi connectivity index (χ1) is 13.7. The third-order valence-electron chi connectivity index (χ3n) is 4.83. The predicted octanol–water partition coefficient (Wildman–Crippen LogP) is 2.97. The summed E-state index contributed by atoms with van der Waals surface area (Å²) in [5, 5.41) is 3.44. The molecule has 1 N–H and O–H groups in total. The molecule has 29 heavy (non-hydrogen) atoms. The summed E-state index contributed by atoms with van der Waals surface area (Å²) in [4.78, 5) is 20.8. The van der Waals surface area contributed by atoms with Crippen molar-refractivity contribution in [2.24, 2.45) is 4.99 Å². The number of amides is 1. The lowest BCUT2D eigenvalue weighted by Gasteiger charge is -2.36. The first-order valence-electron chi connectivity index (χ1n) is 9.65. The lowest BCUT2D eigenvalue weighted by molar-refractivity contribution is 0.0657. The number of ether oxygens (including phenoxy) is 1. The molecule has 7 nitrogen and oxygen atoms in total. The highest BCUT2D eigenvalue weighted by Crippen LogP contribution is 2.12. The molecule has 1 amide bonds. The second kappa shape index (κ2) is 11.8. The van der Waals surface area contributed by atoms with Crippen LogP contribution in [0.25, 0.3) is 0 Å². The van der Waals surface area contributed by atoms with Crippen molar-refractivity contribution in [2.45, 2.75) is 20.1 Å². The van der Waals surface area contributed by atoms with Crippen molar-refractivity contribution < 1.29 is 13.9 Å². The van der Waals surface area contributed by atoms with Crippen LogP contribution in [0.1, 0.15) is 28.6 Å². The molecule has 2 heterocycles. The molecule has 1 saturated heterocycles. The van der Waals surface area contributed by atoms with Gasteiger partial charge in [-0.05, 0) is 30.2 Å². The highest BCUT2D eigenvalue weighted by atomic mass is 127. The molecule has 0 aliphatic carbocycles. The first kappa shape index (κ1) is 23.2. The van der Waals surface area contributed by atoms with Crippen LogP contribution in [0.5, 0.6) is 0 Å². The summed E-state index contributed by atoms with van der Waals surface area (Å²) < 4.78 is 10.8. The molecule has 1 fully saturated rings. The Morgan fingerprint density at radius 2 is 1.79 bits per heavy atom. The van der Waals surface area contributed by atoms with Crippen molar-refractivity contribution in [1.82, 2.24) is 15.1 Å². The van der Waals surface area contributed by atoms with E-state index in [-0.39, 0.29) is 29.9 Å². The highest BCUT2D eigenvalue weighted by molar-refractivity contribution is 14.0. The van der Waals surface area contributed by atoms with E-state index in [1.165, 1.54) is 17.4 Å². The van der Waals surface area contributed by atoms with Gasteiger partial charge in [0.1, 0.15) is 0 Å². The molecule has 0 spiro atoms. The zero-order valence-corrected chi connectivity index (χ0v) is 19.3. The van der Waals surface area contributed by atoms with Gasteiger partial charge in [-0.3, -0.25) is 9.79 Å². The average molecular weight is 512 g/mol. The van der Waals surface area contributed by atoms with Crippen molar-refractivity contribution >= 4 is 35.8 Å². The summed E-state index contributed by atoms with van der Waals surface area (Å²) in [7, 11) is 1.79. The van der Waals surface area contributed by atoms with E-state index in [4.69, 9.17) is 9.15 Å². The normalized spacial score (nSPS) is 14.5. The van der Waals surface area contributed by atoms with Gasteiger partial charge in [-0.1, -0.05) is 24.3 Å². The van der Waals surface area contributed by atoms with Gasteiger partial charge in [0.25, 0.3) is 5.91 Å². The van der Waals surface area contributed by atoms with Crippen molar-refractivity contribution in [3.63, 3.8) is 0 Å². The Morgan fingerprint density at radius 1 is 1.10 bits per heavy atom. The van der Waals surface area contributed by atoms with E-state index in [0.29, 0.717) is 38.6 Å². The number of hydrogen-bond donors (Lipinski definition) is 1. The fourth-order valence-electron chi connectivity index (χ4n) is 3.27. The second-order valence-electron chi connectivity index (χ2n) is 6.56. The summed E-state index contributed by atoms with van der Waals surface area (Å²) in [5.41, 5.74) is 2.38. The Morgan fingerprint density at radius 3 is 2.41 bits per heavy atom. The number of piperazine rings is 1. The predicted molar refractivity (Wildman–Crippen MR) is 124 cm³/mol. The van der Waals surface area contributed by atoms with Gasteiger partial charge in [-0.15, -0.1) is 24.0 Å². The third-order valence-corrected chi connectivity index (χ3v) is 4.83. The van der Waals surface area contributed by atoms with E-state index in [2.05, 4.69) is 27.3 Å². The van der Waals surface area contributed by atoms with E-state index in [0.717, 1.165) is 19.0 Å². The largest absolute Gasteiger partial charge is 0.459 e. The summed E-state index contributed by atoms with van der Waals surface area (Å²) in [6.07, 6.45) is 1.53. The standard InChI is InChI=1S/C21H28N4O3.HI/c1-3-27-16-18-8-5-4-7-17(18)15-23-21(22-2)25-12-10-24(11-13-25)20(26)19-9-6-14-28-19;/h4-9,14H,3,10-13,15-16H2,1-2H3,(H,22,23);1H. The van der Waals surface area contributed by atoms with Crippen LogP contribution >= 0.6 is 24.0 Å². The van der Waals surface area contributed by atoms with Crippen LogP contribution in [0.3, 0.4) is 0 Å². The molecule has 158 valence electrons. The molecule has 3 rings (SSSR count). The molecular formula is C21H29IN4O3. The lowest BCUT2D eigenvalue weighted by atomic mass is 10.1. The molecule has 0 atom stereocenters. The number of furan rings is 1. The number of aliphatic imine (C=N–C) groups is 1. The molecule has 1 aromatic carbocycles. The quantitative estimate of drug-likeness (QED) is 0.366. The fraction of sp³-hybridized carbons (Fsp3) is 0.429. The maximum absolute atomic E-state index is 12.4. The van der Waals surface area contributed by atoms with Gasteiger partial charge in [0.15, 0.2) is 11.7 Å². The number of rotatable bonds is 6. The van der Waals surface area contributed by atoms with Gasteiger partial charge in [0.05, 0.1) is 12.9 Å². The molecule has 1 aliphatic heterocycles. The molecule has 2 aromatic rings. The SMILES string of the molecule is CCOCc1ccccc1CNC(=NC)N1CCN(C(=O)c2ccco2)CC1.I. The number of nitrogens with one attached hydrogen (secondary N) is 1. The Kier molecular flexibility index (Phi) is 9.46. The summed E-state index contributed by atoms with van der Waals surface area (Å²) in [6, 6.07) is 11.7. The molecule has 8 heteroatoms. The Bertz CT molecular complexity index is 787. The van der Waals surface area contributed by atoms with Gasteiger partial charge in [0, 0.05) is 46.4 Å². The Hall–Kier alpha value is -2.07. The Labute approximate surface area is 189 Å². The van der Waals surface area contributed by atoms with Gasteiger partial charge in [-0.25, -0.2) is 0 Å². The minimum atomic E-state index is -0.0579. The number of carbonyl (C=O) groups excluding carboxylic acids is 1. The van der Waals surface area contributed by atoms with Crippen LogP contribution in [0.2, 0.25) is 0 Å². The second-order valence-corrected chi connectivity index (χ2v) is 6.56. The fourth-order valence-corrected chi connectivity index (χ4v) is 3.27. The maximum Gasteiger partial charge on any atom is 0.289 e. The van der Waals surface area contributed by atoms with Crippen LogP contribution in [-0.4, -0.2) is 61.5 Å². The zero-order valence-electron chi connectivity index (χ0n) is 17.0. The van der Waals surface area contributed by atoms with E-state index in [9.17, 15) is 4.79 Å². The van der Waals surface area contributed by atoms with Crippen molar-refractivity contribution in [2.75, 3.05) is 39.8 Å². The molecule has 1 aliphatic rings. The number of guanidine groups is 1. The van der Waals surface area contributed by atoms with Gasteiger partial charge in [-0.2, -0.15) is 0 Å². The van der Waals surface area contributed by atoms with Crippen LogP contribution in [-0.2, 0) is 17.9 Å². The first-order valence-corrected chi connectivity index (χ1v) is 9.65. The van der Waals surface area contributed by atoms with Crippen molar-refractivity contribution in [3.05, 3.63) is 59.5 Å². The number of hydrogen-bond acceptors (Lipinski definition) is 4. The van der Waals surface area contributed by atoms with Gasteiger partial charge in [0.2, 0.25) is 0 Å². The summed E-state index contributed by atoms with van der Waals surface area (Å²) in [5.74, 6) is 1.18. The molecule has 1 aromatic heterocycles. The zero-order chi connectivity index (χ0) is 19.8. The monoisotopic (exact) mass is 512 g/mol. The molecule has 0 unspecified atom stereocenters.